The van der Waals surface area contributed by atoms with Gasteiger partial charge < -0.3 is 9.84 Å². The number of carboxylic acid groups (broad SMARTS) is 1. The molecule has 0 radical (unpaired) electrons. The van der Waals surface area contributed by atoms with Crippen molar-refractivity contribution in [2.75, 3.05) is 6.61 Å². The quantitative estimate of drug-likeness (QED) is 0.752. The zero-order valence-electron chi connectivity index (χ0n) is 5.90. The van der Waals surface area contributed by atoms with Gasteiger partial charge in [-0.15, -0.1) is 10.2 Å². The molecule has 1 heterocycles. The molecule has 5 nitrogen and oxygen atoms in total. The monoisotopic (exact) mass is 188 g/mol. The number of rotatable bonds is 3. The van der Waals surface area contributed by atoms with E-state index in [1.165, 1.54) is 12.1 Å². The van der Waals surface area contributed by atoms with Crippen molar-refractivity contribution in [2.24, 2.45) is 0 Å². The molecular formula is C6H5ClN2O3. The van der Waals surface area contributed by atoms with Crippen LogP contribution in [0.2, 0.25) is 5.15 Å². The summed E-state index contributed by atoms with van der Waals surface area (Å²) < 4.78 is 4.69. The molecule has 1 aromatic rings. The number of ether oxygens (including phenoxy) is 1. The van der Waals surface area contributed by atoms with Gasteiger partial charge in [-0.1, -0.05) is 11.6 Å². The van der Waals surface area contributed by atoms with Crippen LogP contribution in [-0.4, -0.2) is 27.9 Å². The van der Waals surface area contributed by atoms with Gasteiger partial charge in [0.2, 0.25) is 5.88 Å². The molecule has 1 aromatic heterocycles. The minimum absolute atomic E-state index is 0.141. The predicted molar refractivity (Wildman–Crippen MR) is 40.2 cm³/mol. The van der Waals surface area contributed by atoms with Crippen LogP contribution in [0, 0.1) is 0 Å². The van der Waals surface area contributed by atoms with Crippen LogP contribution in [0.4, 0.5) is 0 Å². The summed E-state index contributed by atoms with van der Waals surface area (Å²) in [6, 6.07) is 2.91. The van der Waals surface area contributed by atoms with E-state index in [0.717, 1.165) is 0 Å². The van der Waals surface area contributed by atoms with E-state index < -0.39 is 12.6 Å². The Morgan fingerprint density at radius 3 is 2.83 bits per heavy atom. The lowest BCUT2D eigenvalue weighted by atomic mass is 10.6. The molecule has 0 fully saturated rings. The molecule has 0 saturated carbocycles. The molecule has 0 spiro atoms. The number of carbonyl (C=O) groups is 1. The fraction of sp³-hybridized carbons (Fsp3) is 0.167. The van der Waals surface area contributed by atoms with Crippen LogP contribution in [0.15, 0.2) is 12.1 Å². The Bertz CT molecular complexity index is 275. The molecule has 6 heteroatoms. The zero-order chi connectivity index (χ0) is 8.97. The van der Waals surface area contributed by atoms with Crippen molar-refractivity contribution in [3.05, 3.63) is 17.3 Å². The maximum Gasteiger partial charge on any atom is 0.341 e. The van der Waals surface area contributed by atoms with Crippen LogP contribution in [-0.2, 0) is 4.79 Å². The Balaban J connectivity index is 2.53. The Hall–Kier alpha value is -1.36. The van der Waals surface area contributed by atoms with E-state index in [4.69, 9.17) is 21.4 Å². The molecule has 0 bridgehead atoms. The number of hydrogen-bond donors (Lipinski definition) is 1. The highest BCUT2D eigenvalue weighted by atomic mass is 35.5. The van der Waals surface area contributed by atoms with Gasteiger partial charge in [0.15, 0.2) is 11.8 Å². The predicted octanol–water partition coefficient (Wildman–Crippen LogP) is 0.593. The molecular weight excluding hydrogens is 184 g/mol. The highest BCUT2D eigenvalue weighted by Gasteiger charge is 1.99. The molecule has 0 saturated heterocycles. The zero-order valence-corrected chi connectivity index (χ0v) is 6.65. The number of carboxylic acids is 1. The minimum Gasteiger partial charge on any atom is -0.479 e. The van der Waals surface area contributed by atoms with E-state index in [2.05, 4.69) is 10.2 Å². The first kappa shape index (κ1) is 8.73. The van der Waals surface area contributed by atoms with Gasteiger partial charge >= 0.3 is 5.97 Å². The highest BCUT2D eigenvalue weighted by molar-refractivity contribution is 6.29. The Morgan fingerprint density at radius 2 is 2.33 bits per heavy atom. The van der Waals surface area contributed by atoms with E-state index in [-0.39, 0.29) is 11.0 Å². The third-order valence-electron chi connectivity index (χ3n) is 0.951. The summed E-state index contributed by atoms with van der Waals surface area (Å²) in [5.74, 6) is -0.923. The van der Waals surface area contributed by atoms with E-state index in [1.54, 1.807) is 0 Å². The first-order valence-corrected chi connectivity index (χ1v) is 3.40. The topological polar surface area (TPSA) is 72.3 Å². The van der Waals surface area contributed by atoms with Gasteiger partial charge in [-0.25, -0.2) is 4.79 Å². The Labute approximate surface area is 72.9 Å². The largest absolute Gasteiger partial charge is 0.479 e. The van der Waals surface area contributed by atoms with E-state index >= 15 is 0 Å². The number of aromatic nitrogens is 2. The molecule has 0 amide bonds. The molecule has 12 heavy (non-hydrogen) atoms. The number of hydrogen-bond acceptors (Lipinski definition) is 4. The van der Waals surface area contributed by atoms with Gasteiger partial charge in [0.05, 0.1) is 0 Å². The standard InChI is InChI=1S/C6H5ClN2O3/c7-4-1-2-5(9-8-4)12-3-6(10)11/h1-2H,3H2,(H,10,11). The lowest BCUT2D eigenvalue weighted by molar-refractivity contribution is -0.139. The molecule has 0 unspecified atom stereocenters. The van der Waals surface area contributed by atoms with Crippen LogP contribution in [0.1, 0.15) is 0 Å². The van der Waals surface area contributed by atoms with Crippen LogP contribution in [0.3, 0.4) is 0 Å². The SMILES string of the molecule is O=C(O)COc1ccc(Cl)nn1. The van der Waals surface area contributed by atoms with Crippen molar-refractivity contribution in [1.82, 2.24) is 10.2 Å². The van der Waals surface area contributed by atoms with Gasteiger partial charge in [0.1, 0.15) is 0 Å². The third kappa shape index (κ3) is 2.71. The van der Waals surface area contributed by atoms with Gasteiger partial charge in [-0.3, -0.25) is 0 Å². The minimum atomic E-state index is -1.06. The molecule has 0 atom stereocenters. The summed E-state index contributed by atoms with van der Waals surface area (Å²) in [7, 11) is 0. The number of halogens is 1. The first-order valence-electron chi connectivity index (χ1n) is 3.02. The summed E-state index contributed by atoms with van der Waals surface area (Å²) in [6.07, 6.45) is 0. The van der Waals surface area contributed by atoms with Crippen molar-refractivity contribution in [2.45, 2.75) is 0 Å². The molecule has 0 aliphatic rings. The molecule has 1 rings (SSSR count). The van der Waals surface area contributed by atoms with Crippen molar-refractivity contribution in [3.63, 3.8) is 0 Å². The lowest BCUT2D eigenvalue weighted by Gasteiger charge is -1.98. The van der Waals surface area contributed by atoms with Gasteiger partial charge in [-0.05, 0) is 6.07 Å². The summed E-state index contributed by atoms with van der Waals surface area (Å²) in [6.45, 7) is -0.434. The molecule has 0 aliphatic carbocycles. The molecule has 64 valence electrons. The van der Waals surface area contributed by atoms with Crippen LogP contribution >= 0.6 is 11.6 Å². The van der Waals surface area contributed by atoms with Crippen LogP contribution < -0.4 is 4.74 Å². The number of aliphatic carboxylic acids is 1. The second kappa shape index (κ2) is 3.87. The second-order valence-electron chi connectivity index (χ2n) is 1.88. The van der Waals surface area contributed by atoms with Crippen molar-refractivity contribution in [3.8, 4) is 5.88 Å². The van der Waals surface area contributed by atoms with Crippen molar-refractivity contribution < 1.29 is 14.6 Å². The van der Waals surface area contributed by atoms with E-state index in [1.807, 2.05) is 0 Å². The maximum atomic E-state index is 10.0. The molecule has 0 aliphatic heterocycles. The van der Waals surface area contributed by atoms with E-state index in [9.17, 15) is 4.79 Å². The van der Waals surface area contributed by atoms with Gasteiger partial charge in [0, 0.05) is 6.07 Å². The normalized spacial score (nSPS) is 9.42. The average molecular weight is 189 g/mol. The summed E-state index contributed by atoms with van der Waals surface area (Å²) in [5.41, 5.74) is 0. The Morgan fingerprint density at radius 1 is 1.58 bits per heavy atom. The summed E-state index contributed by atoms with van der Waals surface area (Å²) in [5, 5.41) is 15.4. The second-order valence-corrected chi connectivity index (χ2v) is 2.26. The summed E-state index contributed by atoms with van der Waals surface area (Å²) >= 11 is 5.43. The molecule has 0 aromatic carbocycles. The lowest BCUT2D eigenvalue weighted by Crippen LogP contribution is -2.10. The summed E-state index contributed by atoms with van der Waals surface area (Å²) in [4.78, 5) is 10.0. The first-order chi connectivity index (χ1) is 5.68. The van der Waals surface area contributed by atoms with Crippen LogP contribution in [0.5, 0.6) is 5.88 Å². The third-order valence-corrected chi connectivity index (χ3v) is 1.15. The van der Waals surface area contributed by atoms with Gasteiger partial charge in [-0.2, -0.15) is 0 Å². The van der Waals surface area contributed by atoms with Gasteiger partial charge in [0.25, 0.3) is 0 Å². The van der Waals surface area contributed by atoms with Crippen molar-refractivity contribution in [1.29, 1.82) is 0 Å². The Kier molecular flexibility index (Phi) is 2.82. The smallest absolute Gasteiger partial charge is 0.341 e. The number of nitrogens with zero attached hydrogens (tertiary/aromatic N) is 2. The fourth-order valence-corrected chi connectivity index (χ4v) is 0.617. The highest BCUT2D eigenvalue weighted by Crippen LogP contribution is 2.07. The fourth-order valence-electron chi connectivity index (χ4n) is 0.516. The average Bonchev–Trinajstić information content (AvgIpc) is 2.03. The molecule has 1 N–H and O–H groups in total. The van der Waals surface area contributed by atoms with Crippen molar-refractivity contribution >= 4 is 17.6 Å². The maximum absolute atomic E-state index is 10.0. The van der Waals surface area contributed by atoms with E-state index in [0.29, 0.717) is 0 Å². The van der Waals surface area contributed by atoms with Crippen LogP contribution in [0.25, 0.3) is 0 Å².